The first-order valence-corrected chi connectivity index (χ1v) is 33.3. The molecule has 11 nitrogen and oxygen atoms in total. The standard InChI is InChI=1S/C68H115O11P/c1-4-7-10-13-16-19-22-25-28-30-32-34-37-39-42-45-48-51-54-57-66(70)75-61-65(79-68(72)59-56-53-50-47-44-41-38-35-33-31-29-26-23-20-17-14-11-8-5-2)63-77-80(73,74)76-62-64(60-69)78-67(71)58-55-52-49-46-43-40-36-27-24-21-18-15-12-9-6-3/h8-9,11-12,16-21,25-29,33,35-36,64-65,69H,4-7,10,13-15,22-24,30-32,34,37-63H2,1-3H3,(H,73,74)/b11-8-,12-9-,19-16-,20-17-,21-18-,28-25-,29-26-,35-33-,36-27-. The highest BCUT2D eigenvalue weighted by Crippen LogP contribution is 2.43. The van der Waals surface area contributed by atoms with Crippen molar-refractivity contribution in [1.82, 2.24) is 0 Å². The van der Waals surface area contributed by atoms with Gasteiger partial charge in [-0.05, 0) is 122 Å². The molecule has 0 rings (SSSR count). The third-order valence-electron chi connectivity index (χ3n) is 13.2. The van der Waals surface area contributed by atoms with Crippen LogP contribution in [0.4, 0.5) is 0 Å². The molecule has 3 unspecified atom stereocenters. The summed E-state index contributed by atoms with van der Waals surface area (Å²) in [6.45, 7) is 4.37. The number of phosphoric ester groups is 1. The van der Waals surface area contributed by atoms with E-state index in [4.69, 9.17) is 23.3 Å². The van der Waals surface area contributed by atoms with Gasteiger partial charge in [0.1, 0.15) is 12.7 Å². The fourth-order valence-electron chi connectivity index (χ4n) is 8.39. The van der Waals surface area contributed by atoms with Crippen LogP contribution in [0.5, 0.6) is 0 Å². The lowest BCUT2D eigenvalue weighted by Gasteiger charge is -2.21. The number of ether oxygens (including phenoxy) is 3. The molecule has 2 N–H and O–H groups in total. The first-order valence-electron chi connectivity index (χ1n) is 31.8. The summed E-state index contributed by atoms with van der Waals surface area (Å²) in [5, 5.41) is 9.84. The Morgan fingerprint density at radius 1 is 0.362 bits per heavy atom. The Morgan fingerprint density at radius 3 is 1.00 bits per heavy atom. The molecule has 0 radical (unpaired) electrons. The van der Waals surface area contributed by atoms with Crippen LogP contribution >= 0.6 is 7.82 Å². The summed E-state index contributed by atoms with van der Waals surface area (Å²) in [5.41, 5.74) is 0. The molecule has 0 aliphatic carbocycles. The predicted octanol–water partition coefficient (Wildman–Crippen LogP) is 19.4. The van der Waals surface area contributed by atoms with E-state index in [1.807, 2.05) is 0 Å². The van der Waals surface area contributed by atoms with Crippen LogP contribution in [-0.2, 0) is 42.2 Å². The van der Waals surface area contributed by atoms with Gasteiger partial charge in [0.05, 0.1) is 19.8 Å². The molecule has 3 atom stereocenters. The Labute approximate surface area is 488 Å². The Balaban J connectivity index is 4.76. The molecular weight excluding hydrogens is 1020 g/mol. The van der Waals surface area contributed by atoms with Crippen LogP contribution in [0.3, 0.4) is 0 Å². The molecule has 0 aromatic rings. The molecular formula is C68H115O11P. The SMILES string of the molecule is CC/C=C\C/C=C\C/C=C\C/C=C\CCCCCCCCC(=O)OC(COC(=O)CCCCCCCCCCC/C=C\C/C=C\CCCCC)COP(=O)(O)OCC(CO)OC(=O)CCCCCCC/C=C\C/C=C\C/C=C\CC. The lowest BCUT2D eigenvalue weighted by Crippen LogP contribution is -2.30. The molecule has 0 fully saturated rings. The molecule has 0 aromatic heterocycles. The summed E-state index contributed by atoms with van der Waals surface area (Å²) in [5.74, 6) is -1.50. The third-order valence-corrected chi connectivity index (χ3v) is 14.1. The maximum atomic E-state index is 13.0. The van der Waals surface area contributed by atoms with Crippen LogP contribution < -0.4 is 0 Å². The summed E-state index contributed by atoms with van der Waals surface area (Å²) < 4.78 is 39.7. The van der Waals surface area contributed by atoms with Crippen molar-refractivity contribution in [2.45, 2.75) is 277 Å². The van der Waals surface area contributed by atoms with Crippen molar-refractivity contribution in [3.63, 3.8) is 0 Å². The number of phosphoric acid groups is 1. The summed E-state index contributed by atoms with van der Waals surface area (Å²) in [6.07, 6.45) is 74.6. The minimum atomic E-state index is -4.77. The summed E-state index contributed by atoms with van der Waals surface area (Å²) >= 11 is 0. The second-order valence-corrected chi connectivity index (χ2v) is 22.3. The molecule has 0 aliphatic heterocycles. The molecule has 0 saturated heterocycles. The molecule has 0 heterocycles. The van der Waals surface area contributed by atoms with Gasteiger partial charge in [-0.2, -0.15) is 0 Å². The molecule has 0 aliphatic rings. The summed E-state index contributed by atoms with van der Waals surface area (Å²) in [6, 6.07) is 0. The molecule has 0 bridgehead atoms. The molecule has 0 saturated carbocycles. The lowest BCUT2D eigenvalue weighted by molar-refractivity contribution is -0.161. The minimum Gasteiger partial charge on any atom is -0.462 e. The van der Waals surface area contributed by atoms with Gasteiger partial charge in [0.15, 0.2) is 6.10 Å². The Kier molecular flexibility index (Phi) is 58.3. The smallest absolute Gasteiger partial charge is 0.462 e. The minimum absolute atomic E-state index is 0.145. The van der Waals surface area contributed by atoms with Gasteiger partial charge >= 0.3 is 25.7 Å². The first kappa shape index (κ1) is 76.1. The predicted molar refractivity (Wildman–Crippen MR) is 334 cm³/mol. The van der Waals surface area contributed by atoms with Gasteiger partial charge in [-0.1, -0.05) is 233 Å². The van der Waals surface area contributed by atoms with E-state index < -0.39 is 57.8 Å². The monoisotopic (exact) mass is 1140 g/mol. The first-order chi connectivity index (χ1) is 39.2. The number of carbonyl (C=O) groups excluding carboxylic acids is 3. The van der Waals surface area contributed by atoms with Crippen LogP contribution in [0.15, 0.2) is 109 Å². The molecule has 0 spiro atoms. The second kappa shape index (κ2) is 61.2. The Hall–Kier alpha value is -3.86. The van der Waals surface area contributed by atoms with Gasteiger partial charge in [0.25, 0.3) is 0 Å². The maximum absolute atomic E-state index is 13.0. The zero-order valence-electron chi connectivity index (χ0n) is 50.8. The van der Waals surface area contributed by atoms with Crippen LogP contribution in [0.25, 0.3) is 0 Å². The number of esters is 3. The Morgan fingerprint density at radius 2 is 0.650 bits per heavy atom. The van der Waals surface area contributed by atoms with Crippen molar-refractivity contribution in [2.75, 3.05) is 26.4 Å². The number of hydrogen-bond donors (Lipinski definition) is 2. The van der Waals surface area contributed by atoms with Crippen molar-refractivity contribution in [1.29, 1.82) is 0 Å². The quantitative estimate of drug-likeness (QED) is 0.0197. The molecule has 0 amide bonds. The van der Waals surface area contributed by atoms with E-state index in [1.165, 1.54) is 57.8 Å². The highest BCUT2D eigenvalue weighted by molar-refractivity contribution is 7.47. The van der Waals surface area contributed by atoms with Crippen molar-refractivity contribution in [3.05, 3.63) is 109 Å². The van der Waals surface area contributed by atoms with Gasteiger partial charge in [-0.15, -0.1) is 0 Å². The number of rotatable bonds is 58. The summed E-state index contributed by atoms with van der Waals surface area (Å²) in [4.78, 5) is 48.8. The van der Waals surface area contributed by atoms with Gasteiger partial charge in [0, 0.05) is 19.3 Å². The maximum Gasteiger partial charge on any atom is 0.472 e. The largest absolute Gasteiger partial charge is 0.472 e. The molecule has 12 heteroatoms. The van der Waals surface area contributed by atoms with Crippen molar-refractivity contribution in [3.8, 4) is 0 Å². The van der Waals surface area contributed by atoms with Crippen LogP contribution in [0.2, 0.25) is 0 Å². The molecule has 0 aromatic carbocycles. The van der Waals surface area contributed by atoms with Gasteiger partial charge in [-0.3, -0.25) is 23.4 Å². The fraction of sp³-hybridized carbons (Fsp3) is 0.691. The topological polar surface area (TPSA) is 155 Å². The third kappa shape index (κ3) is 58.8. The van der Waals surface area contributed by atoms with E-state index >= 15 is 0 Å². The van der Waals surface area contributed by atoms with Gasteiger partial charge < -0.3 is 24.2 Å². The van der Waals surface area contributed by atoms with Gasteiger partial charge in [-0.25, -0.2) is 4.57 Å². The fourth-order valence-corrected chi connectivity index (χ4v) is 9.18. The number of aliphatic hydroxyl groups is 1. The van der Waals surface area contributed by atoms with Crippen molar-refractivity contribution < 1.29 is 52.2 Å². The van der Waals surface area contributed by atoms with Crippen LogP contribution in [-0.4, -0.2) is 66.5 Å². The highest BCUT2D eigenvalue weighted by atomic mass is 31.2. The van der Waals surface area contributed by atoms with Crippen LogP contribution in [0.1, 0.15) is 265 Å². The highest BCUT2D eigenvalue weighted by Gasteiger charge is 2.28. The summed E-state index contributed by atoms with van der Waals surface area (Å²) in [7, 11) is -4.77. The molecule has 458 valence electrons. The average Bonchev–Trinajstić information content (AvgIpc) is 3.45. The van der Waals surface area contributed by atoms with E-state index in [0.717, 1.165) is 148 Å². The normalized spacial score (nSPS) is 14.0. The number of aliphatic hydroxyl groups excluding tert-OH is 1. The zero-order valence-corrected chi connectivity index (χ0v) is 51.7. The number of allylic oxidation sites excluding steroid dienone is 18. The average molecular weight is 1140 g/mol. The van der Waals surface area contributed by atoms with Crippen molar-refractivity contribution in [2.24, 2.45) is 0 Å². The van der Waals surface area contributed by atoms with Gasteiger partial charge in [0.2, 0.25) is 0 Å². The molecule has 80 heavy (non-hydrogen) atoms. The van der Waals surface area contributed by atoms with E-state index in [-0.39, 0.29) is 25.9 Å². The number of carbonyl (C=O) groups is 3. The van der Waals surface area contributed by atoms with E-state index in [9.17, 15) is 28.9 Å². The van der Waals surface area contributed by atoms with E-state index in [1.54, 1.807) is 0 Å². The van der Waals surface area contributed by atoms with Crippen LogP contribution in [0, 0.1) is 0 Å². The second-order valence-electron chi connectivity index (χ2n) is 20.8. The lowest BCUT2D eigenvalue weighted by atomic mass is 10.1. The van der Waals surface area contributed by atoms with Crippen molar-refractivity contribution >= 4 is 25.7 Å². The van der Waals surface area contributed by atoms with E-state index in [0.29, 0.717) is 19.3 Å². The number of unbranched alkanes of at least 4 members (excludes halogenated alkanes) is 23. The zero-order chi connectivity index (χ0) is 58.3. The Bertz CT molecular complexity index is 1760. The number of hydrogen-bond acceptors (Lipinski definition) is 10. The van der Waals surface area contributed by atoms with E-state index in [2.05, 4.69) is 130 Å².